The van der Waals surface area contributed by atoms with E-state index in [1.165, 1.54) is 57.5 Å². The van der Waals surface area contributed by atoms with Gasteiger partial charge in [0.25, 0.3) is 0 Å². The fourth-order valence-corrected chi connectivity index (χ4v) is 20.5. The summed E-state index contributed by atoms with van der Waals surface area (Å²) in [5, 5.41) is 10.4. The molecular weight excluding hydrogens is 401 g/mol. The van der Waals surface area contributed by atoms with Gasteiger partial charge in [0.15, 0.2) is 0 Å². The van der Waals surface area contributed by atoms with Crippen LogP contribution in [0.25, 0.3) is 0 Å². The van der Waals surface area contributed by atoms with E-state index < -0.39 is 24.0 Å². The fourth-order valence-electron chi connectivity index (χ4n) is 3.80. The van der Waals surface area contributed by atoms with Crippen molar-refractivity contribution in [1.29, 1.82) is 0 Å². The van der Waals surface area contributed by atoms with Gasteiger partial charge in [-0.05, 0) is 0 Å². The summed E-state index contributed by atoms with van der Waals surface area (Å²) in [6.45, 7) is 10.8. The number of aromatic nitrogens is 1. The quantitative estimate of drug-likeness (QED) is 0.439. The average molecular weight is 440 g/mol. The van der Waals surface area contributed by atoms with E-state index >= 15 is 0 Å². The van der Waals surface area contributed by atoms with E-state index in [0.29, 0.717) is 6.42 Å². The van der Waals surface area contributed by atoms with Crippen LogP contribution in [-0.2, 0) is 6.42 Å². The molecule has 24 heavy (non-hydrogen) atoms. The summed E-state index contributed by atoms with van der Waals surface area (Å²) in [5.41, 5.74) is 0.519. The third-order valence-corrected chi connectivity index (χ3v) is 20.9. The van der Waals surface area contributed by atoms with Crippen molar-refractivity contribution >= 4 is 22.0 Å². The number of rotatable bonds is 12. The van der Waals surface area contributed by atoms with Crippen LogP contribution in [0.3, 0.4) is 0 Å². The van der Waals surface area contributed by atoms with Crippen LogP contribution in [0.2, 0.25) is 13.3 Å². The molecule has 138 valence electrons. The van der Waals surface area contributed by atoms with Crippen molar-refractivity contribution in [2.75, 3.05) is 0 Å². The SMILES string of the molecule is CCC[CH2][Sn]([CH2]CCC)([CH2]CCC)[c]1cccnc1CC(C)(C)O. The van der Waals surface area contributed by atoms with Crippen LogP contribution in [0.15, 0.2) is 18.3 Å². The van der Waals surface area contributed by atoms with Crippen molar-refractivity contribution < 1.29 is 5.11 Å². The second-order valence-corrected chi connectivity index (χ2v) is 21.2. The predicted octanol–water partition coefficient (Wildman–Crippen LogP) is 5.45. The minimum absolute atomic E-state index is 0.680. The van der Waals surface area contributed by atoms with Crippen molar-refractivity contribution in [2.24, 2.45) is 0 Å². The Morgan fingerprint density at radius 2 is 1.46 bits per heavy atom. The topological polar surface area (TPSA) is 33.1 Å². The van der Waals surface area contributed by atoms with Gasteiger partial charge in [-0.2, -0.15) is 0 Å². The molecule has 0 saturated heterocycles. The summed E-state index contributed by atoms with van der Waals surface area (Å²) in [7, 11) is 0. The van der Waals surface area contributed by atoms with Gasteiger partial charge in [-0.1, -0.05) is 0 Å². The van der Waals surface area contributed by atoms with E-state index in [1.54, 1.807) is 3.58 Å². The van der Waals surface area contributed by atoms with Crippen LogP contribution < -0.4 is 3.58 Å². The zero-order chi connectivity index (χ0) is 18.1. The summed E-state index contributed by atoms with van der Waals surface area (Å²) >= 11 is -2.47. The molecule has 1 N–H and O–H groups in total. The Balaban J connectivity index is 3.28. The monoisotopic (exact) mass is 441 g/mol. The van der Waals surface area contributed by atoms with Gasteiger partial charge in [-0.25, -0.2) is 0 Å². The van der Waals surface area contributed by atoms with Crippen LogP contribution >= 0.6 is 0 Å². The molecule has 0 spiro atoms. The van der Waals surface area contributed by atoms with Crippen molar-refractivity contribution in [3.63, 3.8) is 0 Å². The van der Waals surface area contributed by atoms with E-state index in [4.69, 9.17) is 4.98 Å². The van der Waals surface area contributed by atoms with Gasteiger partial charge in [0.1, 0.15) is 0 Å². The zero-order valence-corrected chi connectivity index (χ0v) is 19.6. The number of hydrogen-bond donors (Lipinski definition) is 1. The Hall–Kier alpha value is -0.0913. The zero-order valence-electron chi connectivity index (χ0n) is 16.7. The standard InChI is InChI=1S/C9H12NO.3C4H9.Sn/c1-9(2,11)7-8-5-3-4-6-10-8;3*1-3-4-2;/h3-4,6,11H,7H2,1-2H3;3*1,3-4H2,2H3;. The number of aliphatic hydroxyl groups is 1. The molecule has 0 aliphatic carbocycles. The van der Waals surface area contributed by atoms with Crippen LogP contribution in [0.1, 0.15) is 78.8 Å². The van der Waals surface area contributed by atoms with Crippen LogP contribution in [0, 0.1) is 0 Å². The Kier molecular flexibility index (Phi) is 9.88. The number of unbranched alkanes of at least 4 members (excludes halogenated alkanes) is 3. The second kappa shape index (κ2) is 10.8. The molecule has 1 heterocycles. The summed E-state index contributed by atoms with van der Waals surface area (Å²) in [5.74, 6) is 0. The van der Waals surface area contributed by atoms with Crippen LogP contribution in [-0.4, -0.2) is 34.1 Å². The van der Waals surface area contributed by atoms with Crippen molar-refractivity contribution in [3.05, 3.63) is 24.0 Å². The molecule has 0 saturated carbocycles. The molecule has 1 aromatic rings. The maximum absolute atomic E-state index is 10.4. The van der Waals surface area contributed by atoms with Gasteiger partial charge in [0, 0.05) is 0 Å². The van der Waals surface area contributed by atoms with Crippen LogP contribution in [0.4, 0.5) is 0 Å². The Morgan fingerprint density at radius 3 is 1.88 bits per heavy atom. The predicted molar refractivity (Wildman–Crippen MR) is 109 cm³/mol. The molecule has 0 fully saturated rings. The summed E-state index contributed by atoms with van der Waals surface area (Å²) in [4.78, 5) is 4.75. The maximum atomic E-state index is 10.4. The summed E-state index contributed by atoms with van der Waals surface area (Å²) < 4.78 is 5.98. The third-order valence-electron chi connectivity index (χ3n) is 5.09. The van der Waals surface area contributed by atoms with Gasteiger partial charge in [-0.3, -0.25) is 0 Å². The van der Waals surface area contributed by atoms with E-state index in [1.807, 2.05) is 20.0 Å². The molecule has 0 atom stereocenters. The van der Waals surface area contributed by atoms with E-state index in [0.717, 1.165) is 0 Å². The van der Waals surface area contributed by atoms with Crippen LogP contribution in [0.5, 0.6) is 0 Å². The second-order valence-electron chi connectivity index (χ2n) is 8.08. The molecular formula is C21H39NOSn. The number of pyridine rings is 1. The van der Waals surface area contributed by atoms with Gasteiger partial charge in [-0.15, -0.1) is 0 Å². The number of hydrogen-bond acceptors (Lipinski definition) is 2. The van der Waals surface area contributed by atoms with E-state index in [9.17, 15) is 5.11 Å². The van der Waals surface area contributed by atoms with Gasteiger partial charge >= 0.3 is 155 Å². The first-order valence-corrected chi connectivity index (χ1v) is 17.5. The average Bonchev–Trinajstić information content (AvgIpc) is 2.54. The first kappa shape index (κ1) is 22.0. The molecule has 0 aromatic carbocycles. The molecule has 0 bridgehead atoms. The van der Waals surface area contributed by atoms with Crippen molar-refractivity contribution in [1.82, 2.24) is 4.98 Å². The fraction of sp³-hybridized carbons (Fsp3) is 0.762. The molecule has 1 aromatic heterocycles. The van der Waals surface area contributed by atoms with Crippen molar-refractivity contribution in [3.8, 4) is 0 Å². The van der Waals surface area contributed by atoms with Gasteiger partial charge in [0.05, 0.1) is 0 Å². The molecule has 0 unspecified atom stereocenters. The Morgan fingerprint density at radius 1 is 0.958 bits per heavy atom. The molecule has 0 amide bonds. The van der Waals surface area contributed by atoms with E-state index in [2.05, 4.69) is 32.9 Å². The first-order valence-electron chi connectivity index (χ1n) is 10.0. The molecule has 3 heteroatoms. The molecule has 1 rings (SSSR count). The summed E-state index contributed by atoms with van der Waals surface area (Å²) in [6, 6.07) is 4.52. The molecule has 0 aliphatic heterocycles. The number of nitrogens with zero attached hydrogens (tertiary/aromatic N) is 1. The van der Waals surface area contributed by atoms with Gasteiger partial charge < -0.3 is 0 Å². The molecule has 0 aliphatic rings. The first-order chi connectivity index (χ1) is 11.4. The van der Waals surface area contributed by atoms with E-state index in [-0.39, 0.29) is 0 Å². The summed E-state index contributed by atoms with van der Waals surface area (Å²) in [6.07, 6.45) is 10.6. The molecule has 0 radical (unpaired) electrons. The third kappa shape index (κ3) is 7.03. The Labute approximate surface area is 154 Å². The van der Waals surface area contributed by atoms with Crippen molar-refractivity contribution in [2.45, 2.75) is 98.5 Å². The normalized spacial score (nSPS) is 12.6. The Bertz CT molecular complexity index is 445. The van der Waals surface area contributed by atoms with Gasteiger partial charge in [0.2, 0.25) is 0 Å². The minimum atomic E-state index is -2.47. The molecule has 2 nitrogen and oxygen atoms in total.